The molecule has 0 saturated heterocycles. The molecule has 26 aromatic rings. The molecular formula is C138H86B3N3. The summed E-state index contributed by atoms with van der Waals surface area (Å²) in [5.41, 5.74) is 59.3. The number of nitrogens with zero attached hydrogens (tertiary/aromatic N) is 3. The van der Waals surface area contributed by atoms with Gasteiger partial charge in [-0.2, -0.15) is 0 Å². The summed E-state index contributed by atoms with van der Waals surface area (Å²) in [5.74, 6) is 0. The Kier molecular flexibility index (Phi) is 18.5. The van der Waals surface area contributed by atoms with Gasteiger partial charge in [-0.25, -0.2) is 0 Å². The zero-order valence-corrected chi connectivity index (χ0v) is 78.7. The summed E-state index contributed by atoms with van der Waals surface area (Å²) < 4.78 is 8.00. The van der Waals surface area contributed by atoms with Crippen molar-refractivity contribution in [2.45, 2.75) is 0 Å². The Labute approximate surface area is 836 Å². The van der Waals surface area contributed by atoms with Gasteiger partial charge in [-0.05, 0) is 255 Å². The highest BCUT2D eigenvalue weighted by atomic mass is 15.0. The zero-order valence-electron chi connectivity index (χ0n) is 78.7. The minimum Gasteiger partial charge on any atom is -0.375 e. The van der Waals surface area contributed by atoms with Crippen LogP contribution in [0.5, 0.6) is 0 Å². The molecule has 0 N–H and O–H groups in total. The van der Waals surface area contributed by atoms with E-state index in [-0.39, 0.29) is 20.5 Å². The third kappa shape index (κ3) is 12.7. The standard InChI is InChI=1S/C54H34BN.C48H30BN.C36H22BN/c1-5-15-35(16-6-1)40-27-41(36-17-7-2-8-18-36)29-42(28-40)39-25-26-46-48-31-44(38-21-11-4-12-22-38)33-50-49-32-43(37-19-9-3-10-20-37)30-47-45-23-13-14-24-51(45)55(52(46)34-39)56(53(47)49)54(48)50;1-4-14-31(15-5-1)35-26-41-39-22-12-13-23-45(39)49-46-30-34(38-21-11-10-20-37(38)33-18-8-3-9-19-33)24-25-40(46)42-27-36(32-16-6-2-7-17-32)29-44-43(28-35)47(41)50(49)48(42)44;1-3-9-23(10-4-1)25-17-19-27-29-13-7-15-31-32-16-8-14-30-28-20-18-26(24-11-5-2-6-12-24)22-34(28)37(33(27)21-25)38(35(29)31)36(30)32/h1-34H;1-30H;1-22H. The smallest absolute Gasteiger partial charge is 0.329 e. The Balaban J connectivity index is 0.000000102. The maximum atomic E-state index is 2.68. The van der Waals surface area contributed by atoms with E-state index in [0.717, 1.165) is 0 Å². The molecule has 3 nitrogen and oxygen atoms in total. The first-order valence-electron chi connectivity index (χ1n) is 50.3. The molecule has 0 unspecified atom stereocenters. The van der Waals surface area contributed by atoms with E-state index in [9.17, 15) is 0 Å². The molecule has 0 radical (unpaired) electrons. The second-order valence-electron chi connectivity index (χ2n) is 39.4. The molecule has 9 heterocycles. The van der Waals surface area contributed by atoms with Crippen molar-refractivity contribution in [3.05, 3.63) is 522 Å². The molecule has 662 valence electrons. The van der Waals surface area contributed by atoms with Crippen LogP contribution in [0.15, 0.2) is 522 Å². The lowest BCUT2D eigenvalue weighted by molar-refractivity contribution is 1.31. The van der Waals surface area contributed by atoms with Gasteiger partial charge in [0.25, 0.3) is 0 Å². The van der Waals surface area contributed by atoms with Gasteiger partial charge in [0.05, 0.1) is 0 Å². The Hall–Kier alpha value is -18.3. The van der Waals surface area contributed by atoms with E-state index in [1.807, 2.05) is 0 Å². The van der Waals surface area contributed by atoms with Gasteiger partial charge in [0.1, 0.15) is 0 Å². The van der Waals surface area contributed by atoms with Crippen LogP contribution in [0.25, 0.3) is 255 Å². The molecule has 6 aliphatic heterocycles. The first-order chi connectivity index (χ1) is 71.4. The summed E-state index contributed by atoms with van der Waals surface area (Å²) in [5, 5.41) is 7.95. The molecule has 32 rings (SSSR count). The topological polar surface area (TPSA) is 14.8 Å². The van der Waals surface area contributed by atoms with Crippen molar-refractivity contribution >= 4 is 119 Å². The minimum atomic E-state index is 0.0391. The van der Waals surface area contributed by atoms with E-state index >= 15 is 0 Å². The lowest BCUT2D eigenvalue weighted by atomic mass is 9.45. The predicted octanol–water partition coefficient (Wildman–Crippen LogP) is 31.6. The molecule has 0 spiro atoms. The second-order valence-corrected chi connectivity index (χ2v) is 39.4. The molecule has 0 atom stereocenters. The molecule has 0 fully saturated rings. The average molecular weight is 1820 g/mol. The molecule has 0 bridgehead atoms. The summed E-state index contributed by atoms with van der Waals surface area (Å²) in [6, 6.07) is 193. The number of fused-ring (bicyclic) bond motifs is 21. The predicted molar refractivity (Wildman–Crippen MR) is 612 cm³/mol. The number of para-hydroxylation sites is 2. The largest absolute Gasteiger partial charge is 0.375 e. The Bertz CT molecular complexity index is 9590. The molecule has 0 amide bonds. The SMILES string of the molecule is c1ccc(-c2cc(-c3ccccc3)cc(-c3ccc4c(c3)B3c5ccccc5-c5cc(-c6ccccc6)cc6c7cc(-c8ccccc8)cc-4c7n3c56)c2)cc1.c1ccc(-c2cc3c4c(c2)c2cc(-c5ccccc5)cc5c2n4B(c2ccccc2-3)c2cc(-c3ccccc3-c3ccccc3)ccc2-5)cc1.c1ccc(-c2ccc3c(c2)B2c4cc(-c5ccccc5)ccc4-c4cccc5c6cccc-3c6n2c45)cc1. The van der Waals surface area contributed by atoms with Crippen LogP contribution < -0.4 is 32.8 Å². The number of hydrogen-bond acceptors (Lipinski definition) is 0. The van der Waals surface area contributed by atoms with Crippen LogP contribution in [-0.2, 0) is 0 Å². The highest BCUT2D eigenvalue weighted by molar-refractivity contribution is 6.90. The van der Waals surface area contributed by atoms with Crippen LogP contribution in [0.3, 0.4) is 0 Å². The Morgan fingerprint density at radius 3 is 0.611 bits per heavy atom. The molecule has 6 aliphatic rings. The highest BCUT2D eigenvalue weighted by Gasteiger charge is 2.45. The first kappa shape index (κ1) is 81.6. The zero-order chi connectivity index (χ0) is 94.3. The van der Waals surface area contributed by atoms with Crippen molar-refractivity contribution in [1.29, 1.82) is 0 Å². The average Bonchev–Trinajstić information content (AvgIpc) is 1.52. The summed E-state index contributed by atoms with van der Waals surface area (Å²) >= 11 is 0. The molecular weight excluding hydrogens is 1730 g/mol. The second kappa shape index (κ2) is 32.6. The fourth-order valence-corrected chi connectivity index (χ4v) is 25.4. The normalized spacial score (nSPS) is 12.4. The highest BCUT2D eigenvalue weighted by Crippen LogP contribution is 2.53. The van der Waals surface area contributed by atoms with Crippen molar-refractivity contribution < 1.29 is 0 Å². The van der Waals surface area contributed by atoms with Gasteiger partial charge in [0.15, 0.2) is 0 Å². The maximum Gasteiger partial charge on any atom is 0.329 e. The number of benzene rings is 23. The molecule has 144 heavy (non-hydrogen) atoms. The Morgan fingerprint density at radius 2 is 0.299 bits per heavy atom. The molecule has 0 aliphatic carbocycles. The first-order valence-corrected chi connectivity index (χ1v) is 50.3. The van der Waals surface area contributed by atoms with E-state index in [1.165, 1.54) is 287 Å². The van der Waals surface area contributed by atoms with Gasteiger partial charge >= 0.3 is 20.5 Å². The molecule has 6 heteroatoms. The van der Waals surface area contributed by atoms with E-state index in [2.05, 4.69) is 535 Å². The fraction of sp³-hybridized carbons (Fsp3) is 0. The van der Waals surface area contributed by atoms with Crippen LogP contribution in [-0.4, -0.2) is 34.0 Å². The summed E-state index contributed by atoms with van der Waals surface area (Å²) in [7, 11) is 0. The van der Waals surface area contributed by atoms with Crippen molar-refractivity contribution in [3.8, 4) is 189 Å². The third-order valence-corrected chi connectivity index (χ3v) is 31.7. The van der Waals surface area contributed by atoms with Crippen molar-refractivity contribution in [3.63, 3.8) is 0 Å². The van der Waals surface area contributed by atoms with Gasteiger partial charge < -0.3 is 13.4 Å². The fourth-order valence-electron chi connectivity index (χ4n) is 25.4. The van der Waals surface area contributed by atoms with Gasteiger partial charge in [-0.1, -0.05) is 455 Å². The van der Waals surface area contributed by atoms with E-state index < -0.39 is 0 Å². The van der Waals surface area contributed by atoms with Gasteiger partial charge in [0.2, 0.25) is 0 Å². The van der Waals surface area contributed by atoms with Crippen molar-refractivity contribution in [1.82, 2.24) is 13.4 Å². The summed E-state index contributed by atoms with van der Waals surface area (Å²) in [4.78, 5) is 0. The van der Waals surface area contributed by atoms with Crippen LogP contribution in [0.1, 0.15) is 0 Å². The van der Waals surface area contributed by atoms with Crippen LogP contribution >= 0.6 is 0 Å². The van der Waals surface area contributed by atoms with Crippen LogP contribution in [0.4, 0.5) is 0 Å². The van der Waals surface area contributed by atoms with Crippen molar-refractivity contribution in [2.24, 2.45) is 0 Å². The van der Waals surface area contributed by atoms with E-state index in [4.69, 9.17) is 0 Å². The monoisotopic (exact) mass is 1820 g/mol. The minimum absolute atomic E-state index is 0.0391. The summed E-state index contributed by atoms with van der Waals surface area (Å²) in [6.45, 7) is 0.226. The van der Waals surface area contributed by atoms with Gasteiger partial charge in [-0.15, -0.1) is 0 Å². The maximum absolute atomic E-state index is 2.68. The van der Waals surface area contributed by atoms with Crippen molar-refractivity contribution in [2.75, 3.05) is 0 Å². The van der Waals surface area contributed by atoms with Crippen LogP contribution in [0.2, 0.25) is 0 Å². The lowest BCUT2D eigenvalue weighted by Crippen LogP contribution is -2.53. The number of aromatic nitrogens is 3. The third-order valence-electron chi connectivity index (χ3n) is 31.7. The van der Waals surface area contributed by atoms with Crippen LogP contribution in [0, 0.1) is 0 Å². The molecule has 3 aromatic heterocycles. The van der Waals surface area contributed by atoms with E-state index in [1.54, 1.807) is 0 Å². The Morgan fingerprint density at radius 1 is 0.0972 bits per heavy atom. The lowest BCUT2D eigenvalue weighted by Gasteiger charge is -2.33. The van der Waals surface area contributed by atoms with Gasteiger partial charge in [0, 0.05) is 98.8 Å². The quantitative estimate of drug-likeness (QED) is 0.115. The number of rotatable bonds is 11. The van der Waals surface area contributed by atoms with E-state index in [0.29, 0.717) is 0 Å². The van der Waals surface area contributed by atoms with Gasteiger partial charge in [-0.3, -0.25) is 0 Å². The molecule has 0 saturated carbocycles. The summed E-state index contributed by atoms with van der Waals surface area (Å²) in [6.07, 6.45) is 0. The number of hydrogen-bond donors (Lipinski definition) is 0. The molecule has 23 aromatic carbocycles.